The van der Waals surface area contributed by atoms with Crippen LogP contribution < -0.4 is 0 Å². The molecule has 0 unspecified atom stereocenters. The normalized spacial score (nSPS) is 17.5. The van der Waals surface area contributed by atoms with E-state index in [-0.39, 0.29) is 0 Å². The fourth-order valence-electron chi connectivity index (χ4n) is 2.32. The van der Waals surface area contributed by atoms with E-state index in [4.69, 9.17) is 0 Å². The van der Waals surface area contributed by atoms with Crippen LogP contribution in [0.4, 0.5) is 0 Å². The molecule has 1 heterocycles. The molecule has 0 aromatic carbocycles. The zero-order valence-electron chi connectivity index (χ0n) is 11.6. The maximum absolute atomic E-state index is 2.29. The zero-order chi connectivity index (χ0) is 12.2. The van der Waals surface area contributed by atoms with Crippen molar-refractivity contribution in [3.05, 3.63) is 0 Å². The molecule has 0 bridgehead atoms. The Kier molecular flexibility index (Phi) is 10.9. The van der Waals surface area contributed by atoms with Crippen molar-refractivity contribution >= 4 is 23.5 Å². The fraction of sp³-hybridized carbons (Fsp3) is 1.00. The second-order valence-corrected chi connectivity index (χ2v) is 8.06. The molecule has 0 atom stereocenters. The van der Waals surface area contributed by atoms with Gasteiger partial charge in [-0.25, -0.2) is 0 Å². The van der Waals surface area contributed by atoms with Gasteiger partial charge < -0.3 is 0 Å². The Hall–Kier alpha value is 0.700. The molecule has 1 saturated heterocycles. The van der Waals surface area contributed by atoms with Crippen molar-refractivity contribution in [3.8, 4) is 0 Å². The summed E-state index contributed by atoms with van der Waals surface area (Å²) in [7, 11) is 0. The molecule has 1 fully saturated rings. The lowest BCUT2D eigenvalue weighted by atomic mass is 10.1. The highest BCUT2D eigenvalue weighted by molar-refractivity contribution is 8.17. The predicted octanol–water partition coefficient (Wildman–Crippen LogP) is 6.10. The molecule has 0 saturated carbocycles. The average Bonchev–Trinajstić information content (AvgIpc) is 2.38. The second-order valence-electron chi connectivity index (χ2n) is 5.14. The molecule has 1 aliphatic heterocycles. The topological polar surface area (TPSA) is 0 Å². The summed E-state index contributed by atoms with van der Waals surface area (Å²) in [5.74, 6) is 2.82. The second kappa shape index (κ2) is 11.8. The third-order valence-electron chi connectivity index (χ3n) is 3.44. The van der Waals surface area contributed by atoms with Gasteiger partial charge in [-0.15, -0.1) is 23.5 Å². The third kappa shape index (κ3) is 9.30. The van der Waals surface area contributed by atoms with Crippen LogP contribution in [0.2, 0.25) is 0 Å². The number of unbranched alkanes of at least 4 members (excludes halogenated alkanes) is 8. The largest absolute Gasteiger partial charge is 0.148 e. The highest BCUT2D eigenvalue weighted by Gasteiger charge is 2.13. The summed E-state index contributed by atoms with van der Waals surface area (Å²) in [6.45, 7) is 2.29. The highest BCUT2D eigenvalue weighted by Crippen LogP contribution is 2.34. The Bertz CT molecular complexity index is 153. The minimum Gasteiger partial charge on any atom is -0.148 e. The average molecular weight is 275 g/mol. The van der Waals surface area contributed by atoms with Crippen LogP contribution in [0.3, 0.4) is 0 Å². The first-order valence-electron chi connectivity index (χ1n) is 7.66. The van der Waals surface area contributed by atoms with Crippen LogP contribution in [-0.2, 0) is 0 Å². The molecule has 1 rings (SSSR count). The predicted molar refractivity (Wildman–Crippen MR) is 85.2 cm³/mol. The molecule has 0 N–H and O–H groups in total. The highest BCUT2D eigenvalue weighted by atomic mass is 32.2. The van der Waals surface area contributed by atoms with Crippen LogP contribution in [0.5, 0.6) is 0 Å². The van der Waals surface area contributed by atoms with Gasteiger partial charge in [0, 0.05) is 0 Å². The summed E-state index contributed by atoms with van der Waals surface area (Å²) in [6, 6.07) is 0. The van der Waals surface area contributed by atoms with Gasteiger partial charge in [-0.1, -0.05) is 64.7 Å². The maximum Gasteiger partial charge on any atom is 0.0502 e. The monoisotopic (exact) mass is 274 g/mol. The minimum absolute atomic E-state index is 0.938. The molecule has 2 heteroatoms. The Balaban J connectivity index is 1.75. The molecule has 0 amide bonds. The first-order valence-corrected chi connectivity index (χ1v) is 9.76. The third-order valence-corrected chi connectivity index (χ3v) is 6.52. The molecule has 0 aliphatic carbocycles. The quantitative estimate of drug-likeness (QED) is 0.441. The van der Waals surface area contributed by atoms with Crippen molar-refractivity contribution in [2.75, 3.05) is 11.5 Å². The van der Waals surface area contributed by atoms with E-state index in [1.807, 2.05) is 0 Å². The molecule has 1 aliphatic rings. The summed E-state index contributed by atoms with van der Waals surface area (Å²) in [5, 5.41) is 0. The van der Waals surface area contributed by atoms with Crippen LogP contribution in [0.1, 0.15) is 77.6 Å². The van der Waals surface area contributed by atoms with Gasteiger partial charge in [-0.3, -0.25) is 0 Å². The molecule has 102 valence electrons. The fourth-order valence-corrected chi connectivity index (χ4v) is 5.28. The molecule has 0 spiro atoms. The summed E-state index contributed by atoms with van der Waals surface area (Å²) >= 11 is 4.41. The van der Waals surface area contributed by atoms with Gasteiger partial charge in [-0.2, -0.15) is 0 Å². The van der Waals surface area contributed by atoms with E-state index >= 15 is 0 Å². The van der Waals surface area contributed by atoms with Crippen molar-refractivity contribution in [2.45, 2.75) is 82.1 Å². The van der Waals surface area contributed by atoms with Gasteiger partial charge >= 0.3 is 0 Å². The standard InChI is InChI=1S/C15H30S2/c1-2-3-4-5-6-7-8-9-10-12-15-16-13-11-14-17-15/h15H,2-14H2,1H3. The molecular formula is C15H30S2. The van der Waals surface area contributed by atoms with Crippen molar-refractivity contribution in [1.29, 1.82) is 0 Å². The first-order chi connectivity index (χ1) is 8.43. The van der Waals surface area contributed by atoms with E-state index in [1.54, 1.807) is 0 Å². The van der Waals surface area contributed by atoms with Gasteiger partial charge in [-0.05, 0) is 24.3 Å². The van der Waals surface area contributed by atoms with Crippen LogP contribution in [0.15, 0.2) is 0 Å². The Morgan fingerprint density at radius 1 is 0.765 bits per heavy atom. The molecule has 0 radical (unpaired) electrons. The summed E-state index contributed by atoms with van der Waals surface area (Å²) in [5.41, 5.74) is 0. The van der Waals surface area contributed by atoms with Crippen molar-refractivity contribution < 1.29 is 0 Å². The Morgan fingerprint density at radius 2 is 1.29 bits per heavy atom. The van der Waals surface area contributed by atoms with Crippen LogP contribution in [0, 0.1) is 0 Å². The first kappa shape index (κ1) is 15.8. The zero-order valence-corrected chi connectivity index (χ0v) is 13.2. The van der Waals surface area contributed by atoms with E-state index < -0.39 is 0 Å². The van der Waals surface area contributed by atoms with Crippen molar-refractivity contribution in [2.24, 2.45) is 0 Å². The van der Waals surface area contributed by atoms with Gasteiger partial charge in [0.15, 0.2) is 0 Å². The lowest BCUT2D eigenvalue weighted by Crippen LogP contribution is -2.06. The molecule has 0 aromatic heterocycles. The lowest BCUT2D eigenvalue weighted by molar-refractivity contribution is 0.561. The van der Waals surface area contributed by atoms with Crippen LogP contribution in [-0.4, -0.2) is 16.1 Å². The summed E-state index contributed by atoms with van der Waals surface area (Å²) in [6.07, 6.45) is 16.0. The Labute approximate surface area is 117 Å². The lowest BCUT2D eigenvalue weighted by Gasteiger charge is -2.20. The van der Waals surface area contributed by atoms with E-state index in [0.717, 1.165) is 4.58 Å². The smallest absolute Gasteiger partial charge is 0.0502 e. The van der Waals surface area contributed by atoms with Gasteiger partial charge in [0.05, 0.1) is 4.58 Å². The number of rotatable bonds is 10. The SMILES string of the molecule is CCCCCCCCCCCC1SCCCS1. The molecular weight excluding hydrogens is 244 g/mol. The van der Waals surface area contributed by atoms with Crippen LogP contribution >= 0.6 is 23.5 Å². The number of hydrogen-bond donors (Lipinski definition) is 0. The van der Waals surface area contributed by atoms with Gasteiger partial charge in [0.2, 0.25) is 0 Å². The number of thioether (sulfide) groups is 2. The van der Waals surface area contributed by atoms with Crippen molar-refractivity contribution in [3.63, 3.8) is 0 Å². The minimum atomic E-state index is 0.938. The summed E-state index contributed by atoms with van der Waals surface area (Å²) < 4.78 is 0.938. The van der Waals surface area contributed by atoms with Crippen LogP contribution in [0.25, 0.3) is 0 Å². The van der Waals surface area contributed by atoms with E-state index in [1.165, 1.54) is 82.1 Å². The number of hydrogen-bond acceptors (Lipinski definition) is 2. The molecule has 17 heavy (non-hydrogen) atoms. The Morgan fingerprint density at radius 3 is 1.88 bits per heavy atom. The van der Waals surface area contributed by atoms with Crippen molar-refractivity contribution in [1.82, 2.24) is 0 Å². The molecule has 0 aromatic rings. The van der Waals surface area contributed by atoms with Gasteiger partial charge in [0.25, 0.3) is 0 Å². The van der Waals surface area contributed by atoms with E-state index in [0.29, 0.717) is 0 Å². The van der Waals surface area contributed by atoms with E-state index in [9.17, 15) is 0 Å². The molecule has 0 nitrogen and oxygen atoms in total. The maximum atomic E-state index is 2.29. The van der Waals surface area contributed by atoms with Gasteiger partial charge in [0.1, 0.15) is 0 Å². The summed E-state index contributed by atoms with van der Waals surface area (Å²) in [4.78, 5) is 0. The van der Waals surface area contributed by atoms with E-state index in [2.05, 4.69) is 30.4 Å².